The van der Waals surface area contributed by atoms with Gasteiger partial charge >= 0.3 is 0 Å². The van der Waals surface area contributed by atoms with Gasteiger partial charge in [-0.1, -0.05) is 17.7 Å². The van der Waals surface area contributed by atoms with Crippen molar-refractivity contribution in [2.24, 2.45) is 0 Å². The van der Waals surface area contributed by atoms with Crippen LogP contribution < -0.4 is 5.32 Å². The topological polar surface area (TPSA) is 24.9 Å². The molecule has 0 spiro atoms. The van der Waals surface area contributed by atoms with Gasteiger partial charge in [-0.2, -0.15) is 0 Å². The zero-order valence-corrected chi connectivity index (χ0v) is 13.6. The summed E-state index contributed by atoms with van der Waals surface area (Å²) in [5.74, 6) is 0. The molecule has 1 unspecified atom stereocenters. The van der Waals surface area contributed by atoms with Crippen LogP contribution in [0.3, 0.4) is 0 Å². The Hall–Kier alpha value is -1.67. The van der Waals surface area contributed by atoms with Crippen molar-refractivity contribution >= 4 is 0 Å². The van der Waals surface area contributed by atoms with Crippen molar-refractivity contribution in [1.29, 1.82) is 0 Å². The predicted molar refractivity (Wildman–Crippen MR) is 89.8 cm³/mol. The van der Waals surface area contributed by atoms with Gasteiger partial charge in [0.1, 0.15) is 0 Å². The Labute approximate surface area is 128 Å². The van der Waals surface area contributed by atoms with Crippen molar-refractivity contribution in [2.45, 2.75) is 46.1 Å². The van der Waals surface area contributed by atoms with E-state index in [0.717, 1.165) is 19.3 Å². The van der Waals surface area contributed by atoms with Crippen molar-refractivity contribution in [1.82, 2.24) is 10.3 Å². The highest BCUT2D eigenvalue weighted by molar-refractivity contribution is 5.38. The van der Waals surface area contributed by atoms with Gasteiger partial charge in [0.2, 0.25) is 0 Å². The molecule has 2 nitrogen and oxygen atoms in total. The SMILES string of the molecule is CNC(CCc1ccncc1)Cc1c(C)cc(C)cc1C. The molecule has 0 aliphatic rings. The van der Waals surface area contributed by atoms with Gasteiger partial charge in [0.25, 0.3) is 0 Å². The first-order valence-electron chi connectivity index (χ1n) is 7.73. The van der Waals surface area contributed by atoms with E-state index in [1.807, 2.05) is 12.4 Å². The average Bonchev–Trinajstić information content (AvgIpc) is 2.47. The summed E-state index contributed by atoms with van der Waals surface area (Å²) < 4.78 is 0. The summed E-state index contributed by atoms with van der Waals surface area (Å²) >= 11 is 0. The van der Waals surface area contributed by atoms with Crippen LogP contribution in [0.15, 0.2) is 36.7 Å². The van der Waals surface area contributed by atoms with Crippen molar-refractivity contribution < 1.29 is 0 Å². The molecule has 0 saturated carbocycles. The third kappa shape index (κ3) is 4.40. The maximum atomic E-state index is 4.08. The standard InChI is InChI=1S/C19H26N2/c1-14-11-15(2)19(16(3)12-14)13-18(20-4)6-5-17-7-9-21-10-8-17/h7-12,18,20H,5-6,13H2,1-4H3. The number of aryl methyl sites for hydroxylation is 4. The van der Waals surface area contributed by atoms with Gasteiger partial charge in [0, 0.05) is 18.4 Å². The molecular formula is C19H26N2. The largest absolute Gasteiger partial charge is 0.317 e. The molecule has 1 heterocycles. The summed E-state index contributed by atoms with van der Waals surface area (Å²) in [6, 6.07) is 9.30. The zero-order valence-electron chi connectivity index (χ0n) is 13.6. The van der Waals surface area contributed by atoms with Crippen LogP contribution in [0, 0.1) is 20.8 Å². The third-order valence-corrected chi connectivity index (χ3v) is 4.23. The van der Waals surface area contributed by atoms with Crippen LogP contribution in [-0.2, 0) is 12.8 Å². The lowest BCUT2D eigenvalue weighted by Gasteiger charge is -2.19. The summed E-state index contributed by atoms with van der Waals surface area (Å²) in [6.07, 6.45) is 7.08. The number of nitrogens with one attached hydrogen (secondary N) is 1. The third-order valence-electron chi connectivity index (χ3n) is 4.23. The van der Waals surface area contributed by atoms with Crippen LogP contribution in [-0.4, -0.2) is 18.1 Å². The van der Waals surface area contributed by atoms with E-state index in [-0.39, 0.29) is 0 Å². The number of hydrogen-bond donors (Lipinski definition) is 1. The smallest absolute Gasteiger partial charge is 0.0270 e. The van der Waals surface area contributed by atoms with Crippen LogP contribution in [0.2, 0.25) is 0 Å². The molecule has 1 aromatic heterocycles. The van der Waals surface area contributed by atoms with E-state index in [0.29, 0.717) is 6.04 Å². The number of rotatable bonds is 6. The molecule has 1 atom stereocenters. The molecule has 2 heteroatoms. The van der Waals surface area contributed by atoms with Crippen molar-refractivity contribution in [3.8, 4) is 0 Å². The van der Waals surface area contributed by atoms with Gasteiger partial charge in [-0.15, -0.1) is 0 Å². The molecular weight excluding hydrogens is 256 g/mol. The van der Waals surface area contributed by atoms with Gasteiger partial charge in [0.15, 0.2) is 0 Å². The van der Waals surface area contributed by atoms with E-state index in [1.165, 1.54) is 27.8 Å². The highest BCUT2D eigenvalue weighted by Crippen LogP contribution is 2.19. The molecule has 0 bridgehead atoms. The van der Waals surface area contributed by atoms with E-state index in [4.69, 9.17) is 0 Å². The number of benzene rings is 1. The fraction of sp³-hybridized carbons (Fsp3) is 0.421. The van der Waals surface area contributed by atoms with Crippen LogP contribution >= 0.6 is 0 Å². The Balaban J connectivity index is 2.02. The molecule has 0 fully saturated rings. The van der Waals surface area contributed by atoms with Crippen LogP contribution in [0.5, 0.6) is 0 Å². The monoisotopic (exact) mass is 282 g/mol. The Kier molecular flexibility index (Phi) is 5.51. The molecule has 2 aromatic rings. The minimum absolute atomic E-state index is 0.512. The molecule has 0 aliphatic heterocycles. The number of pyridine rings is 1. The van der Waals surface area contributed by atoms with Gasteiger partial charge in [0.05, 0.1) is 0 Å². The van der Waals surface area contributed by atoms with Gasteiger partial charge in [-0.3, -0.25) is 4.98 Å². The molecule has 0 aliphatic carbocycles. The van der Waals surface area contributed by atoms with Gasteiger partial charge in [-0.05, 0) is 81.5 Å². The zero-order chi connectivity index (χ0) is 15.2. The quantitative estimate of drug-likeness (QED) is 0.872. The lowest BCUT2D eigenvalue weighted by Crippen LogP contribution is -2.28. The summed E-state index contributed by atoms with van der Waals surface area (Å²) in [7, 11) is 2.07. The maximum absolute atomic E-state index is 4.08. The lowest BCUT2D eigenvalue weighted by molar-refractivity contribution is 0.518. The van der Waals surface area contributed by atoms with E-state index in [9.17, 15) is 0 Å². The molecule has 1 N–H and O–H groups in total. The molecule has 112 valence electrons. The summed E-state index contributed by atoms with van der Waals surface area (Å²) in [4.78, 5) is 4.08. The van der Waals surface area contributed by atoms with E-state index >= 15 is 0 Å². The Morgan fingerprint density at radius 3 is 2.24 bits per heavy atom. The molecule has 0 amide bonds. The Morgan fingerprint density at radius 1 is 1.05 bits per heavy atom. The number of hydrogen-bond acceptors (Lipinski definition) is 2. The summed E-state index contributed by atoms with van der Waals surface area (Å²) in [5.41, 5.74) is 7.04. The van der Waals surface area contributed by atoms with Crippen LogP contribution in [0.25, 0.3) is 0 Å². The molecule has 0 saturated heterocycles. The molecule has 2 rings (SSSR count). The first-order chi connectivity index (χ1) is 10.1. The predicted octanol–water partition coefficient (Wildman–Crippen LogP) is 3.77. The Morgan fingerprint density at radius 2 is 1.67 bits per heavy atom. The highest BCUT2D eigenvalue weighted by Gasteiger charge is 2.11. The van der Waals surface area contributed by atoms with Crippen LogP contribution in [0.1, 0.15) is 34.2 Å². The van der Waals surface area contributed by atoms with Crippen molar-refractivity contribution in [3.63, 3.8) is 0 Å². The molecule has 1 aromatic carbocycles. The van der Waals surface area contributed by atoms with Crippen molar-refractivity contribution in [3.05, 3.63) is 64.5 Å². The minimum Gasteiger partial charge on any atom is -0.317 e. The summed E-state index contributed by atoms with van der Waals surface area (Å²) in [6.45, 7) is 6.62. The lowest BCUT2D eigenvalue weighted by atomic mass is 9.92. The maximum Gasteiger partial charge on any atom is 0.0270 e. The second kappa shape index (κ2) is 7.37. The van der Waals surface area contributed by atoms with Gasteiger partial charge < -0.3 is 5.32 Å². The van der Waals surface area contributed by atoms with E-state index in [1.54, 1.807) is 0 Å². The normalized spacial score (nSPS) is 12.4. The number of aromatic nitrogens is 1. The average molecular weight is 282 g/mol. The minimum atomic E-state index is 0.512. The molecule has 21 heavy (non-hydrogen) atoms. The number of likely N-dealkylation sites (N-methyl/N-ethyl adjacent to an activating group) is 1. The first-order valence-corrected chi connectivity index (χ1v) is 7.73. The fourth-order valence-corrected chi connectivity index (χ4v) is 3.02. The van der Waals surface area contributed by atoms with E-state index in [2.05, 4.69) is 62.4 Å². The fourth-order valence-electron chi connectivity index (χ4n) is 3.02. The molecule has 0 radical (unpaired) electrons. The highest BCUT2D eigenvalue weighted by atomic mass is 14.9. The second-order valence-corrected chi connectivity index (χ2v) is 5.96. The van der Waals surface area contributed by atoms with E-state index < -0.39 is 0 Å². The van der Waals surface area contributed by atoms with Gasteiger partial charge in [-0.25, -0.2) is 0 Å². The number of nitrogens with zero attached hydrogens (tertiary/aromatic N) is 1. The second-order valence-electron chi connectivity index (χ2n) is 5.96. The Bertz CT molecular complexity index is 552. The first kappa shape index (κ1) is 15.7. The van der Waals surface area contributed by atoms with Crippen LogP contribution in [0.4, 0.5) is 0 Å². The summed E-state index contributed by atoms with van der Waals surface area (Å²) in [5, 5.41) is 3.47. The van der Waals surface area contributed by atoms with Crippen molar-refractivity contribution in [2.75, 3.05) is 7.05 Å².